The number of hydrogen-bond donors (Lipinski definition) is 1. The van der Waals surface area contributed by atoms with E-state index in [0.717, 1.165) is 24.3 Å². The summed E-state index contributed by atoms with van der Waals surface area (Å²) in [4.78, 5) is 14.6. The van der Waals surface area contributed by atoms with Crippen LogP contribution in [0.5, 0.6) is 0 Å². The minimum Gasteiger partial charge on any atom is -0.399 e. The van der Waals surface area contributed by atoms with Gasteiger partial charge in [0.15, 0.2) is 0 Å². The molecule has 0 aliphatic heterocycles. The molecule has 0 fully saturated rings. The first kappa shape index (κ1) is 19.0. The molecule has 0 amide bonds. The number of carbonyl (C=O) groups is 1. The van der Waals surface area contributed by atoms with E-state index in [-0.39, 0.29) is 5.12 Å². The molecule has 4 heteroatoms. The average Bonchev–Trinajstić information content (AvgIpc) is 2.53. The Morgan fingerprint density at radius 1 is 1.00 bits per heavy atom. The number of unbranched alkanes of at least 4 members (excludes halogenated alkanes) is 2. The number of rotatable bonds is 11. The van der Waals surface area contributed by atoms with Gasteiger partial charge in [0.05, 0.1) is 0 Å². The van der Waals surface area contributed by atoms with Gasteiger partial charge < -0.3 is 10.6 Å². The van der Waals surface area contributed by atoms with E-state index in [4.69, 9.17) is 5.73 Å². The predicted molar refractivity (Wildman–Crippen MR) is 98.5 cm³/mol. The molecule has 0 aliphatic carbocycles. The molecule has 0 unspecified atom stereocenters. The second-order valence-electron chi connectivity index (χ2n) is 5.66. The third kappa shape index (κ3) is 7.85. The summed E-state index contributed by atoms with van der Waals surface area (Å²) in [5.41, 5.74) is 7.08. The van der Waals surface area contributed by atoms with Crippen LogP contribution >= 0.6 is 11.8 Å². The molecule has 3 nitrogen and oxygen atoms in total. The van der Waals surface area contributed by atoms with E-state index in [9.17, 15) is 4.79 Å². The van der Waals surface area contributed by atoms with Crippen LogP contribution < -0.4 is 5.73 Å². The molecule has 0 atom stereocenters. The lowest BCUT2D eigenvalue weighted by molar-refractivity contribution is 0.108. The van der Waals surface area contributed by atoms with Crippen molar-refractivity contribution in [2.45, 2.75) is 46.0 Å². The first-order valence-corrected chi connectivity index (χ1v) is 9.41. The Labute approximate surface area is 139 Å². The van der Waals surface area contributed by atoms with Crippen LogP contribution in [0.15, 0.2) is 24.3 Å². The second kappa shape index (κ2) is 11.6. The summed E-state index contributed by atoms with van der Waals surface area (Å²) in [6.07, 6.45) is 6.08. The number of nitrogen functional groups attached to an aromatic ring is 1. The van der Waals surface area contributed by atoms with Gasteiger partial charge in [0.25, 0.3) is 0 Å². The van der Waals surface area contributed by atoms with Crippen LogP contribution in [0.3, 0.4) is 0 Å². The van der Waals surface area contributed by atoms with Gasteiger partial charge in [-0.15, -0.1) is 0 Å². The number of benzene rings is 1. The monoisotopic (exact) mass is 322 g/mol. The number of thioether (sulfide) groups is 1. The van der Waals surface area contributed by atoms with Gasteiger partial charge in [0, 0.05) is 17.0 Å². The van der Waals surface area contributed by atoms with Gasteiger partial charge in [-0.1, -0.05) is 38.5 Å². The van der Waals surface area contributed by atoms with Crippen LogP contribution in [0.1, 0.15) is 56.3 Å². The number of anilines is 1. The third-order valence-corrected chi connectivity index (χ3v) is 4.64. The van der Waals surface area contributed by atoms with E-state index < -0.39 is 0 Å². The fraction of sp³-hybridized carbons (Fsp3) is 0.611. The molecule has 0 bridgehead atoms. The highest BCUT2D eigenvalue weighted by molar-refractivity contribution is 8.14. The van der Waals surface area contributed by atoms with Crippen LogP contribution in [-0.4, -0.2) is 35.4 Å². The highest BCUT2D eigenvalue weighted by Gasteiger charge is 2.08. The Bertz CT molecular complexity index is 412. The van der Waals surface area contributed by atoms with Gasteiger partial charge in [-0.05, 0) is 63.2 Å². The van der Waals surface area contributed by atoms with E-state index in [2.05, 4.69) is 18.7 Å². The summed E-state index contributed by atoms with van der Waals surface area (Å²) in [6, 6.07) is 7.18. The van der Waals surface area contributed by atoms with Crippen LogP contribution in [0.4, 0.5) is 5.69 Å². The molecular weight excluding hydrogens is 292 g/mol. The van der Waals surface area contributed by atoms with Crippen LogP contribution in [0.25, 0.3) is 0 Å². The summed E-state index contributed by atoms with van der Waals surface area (Å²) in [5.74, 6) is 0.887. The van der Waals surface area contributed by atoms with Crippen molar-refractivity contribution in [3.05, 3.63) is 29.8 Å². The minimum absolute atomic E-state index is 0.147. The van der Waals surface area contributed by atoms with Crippen molar-refractivity contribution >= 4 is 22.6 Å². The van der Waals surface area contributed by atoms with Gasteiger partial charge >= 0.3 is 0 Å². The molecule has 1 aromatic carbocycles. The molecular formula is C18H30N2OS. The molecule has 0 spiro atoms. The Balaban J connectivity index is 2.26. The molecule has 0 saturated carbocycles. The molecule has 1 rings (SSSR count). The molecule has 0 aromatic heterocycles. The number of nitrogens with two attached hydrogens (primary N) is 1. The maximum atomic E-state index is 12.1. The summed E-state index contributed by atoms with van der Waals surface area (Å²) >= 11 is 1.42. The van der Waals surface area contributed by atoms with Gasteiger partial charge in [-0.3, -0.25) is 4.79 Å². The highest BCUT2D eigenvalue weighted by Crippen LogP contribution is 2.15. The molecule has 0 radical (unpaired) electrons. The van der Waals surface area contributed by atoms with Gasteiger partial charge in [0.1, 0.15) is 0 Å². The topological polar surface area (TPSA) is 46.3 Å². The summed E-state index contributed by atoms with van der Waals surface area (Å²) in [5, 5.41) is 0.147. The van der Waals surface area contributed by atoms with Crippen LogP contribution in [0, 0.1) is 0 Å². The normalized spacial score (nSPS) is 11.0. The van der Waals surface area contributed by atoms with Crippen molar-refractivity contribution in [3.63, 3.8) is 0 Å². The molecule has 22 heavy (non-hydrogen) atoms. The van der Waals surface area contributed by atoms with Crippen LogP contribution in [-0.2, 0) is 0 Å². The lowest BCUT2D eigenvalue weighted by atomic mass is 10.2. The van der Waals surface area contributed by atoms with Crippen molar-refractivity contribution in [1.82, 2.24) is 4.90 Å². The molecule has 2 N–H and O–H groups in total. The zero-order chi connectivity index (χ0) is 16.2. The SMILES string of the molecule is CCCCN(CCCC)CCCSC(=O)c1ccc(N)cc1. The molecule has 124 valence electrons. The maximum absolute atomic E-state index is 12.1. The van der Waals surface area contributed by atoms with Crippen LogP contribution in [0.2, 0.25) is 0 Å². The summed E-state index contributed by atoms with van der Waals surface area (Å²) in [7, 11) is 0. The molecule has 0 heterocycles. The van der Waals surface area contributed by atoms with Crippen molar-refractivity contribution < 1.29 is 4.79 Å². The van der Waals surface area contributed by atoms with E-state index in [1.165, 1.54) is 50.5 Å². The quantitative estimate of drug-likeness (QED) is 0.483. The Morgan fingerprint density at radius 3 is 2.09 bits per heavy atom. The smallest absolute Gasteiger partial charge is 0.219 e. The molecule has 0 saturated heterocycles. The second-order valence-corrected chi connectivity index (χ2v) is 6.73. The largest absolute Gasteiger partial charge is 0.399 e. The van der Waals surface area contributed by atoms with Crippen molar-refractivity contribution in [2.24, 2.45) is 0 Å². The minimum atomic E-state index is 0.147. The molecule has 0 aliphatic rings. The third-order valence-electron chi connectivity index (χ3n) is 3.65. The lowest BCUT2D eigenvalue weighted by Crippen LogP contribution is -2.27. The lowest BCUT2D eigenvalue weighted by Gasteiger charge is -2.21. The Kier molecular flexibility index (Phi) is 10.0. The molecule has 1 aromatic rings. The zero-order valence-electron chi connectivity index (χ0n) is 14.0. The zero-order valence-corrected chi connectivity index (χ0v) is 14.8. The fourth-order valence-electron chi connectivity index (χ4n) is 2.25. The van der Waals surface area contributed by atoms with Crippen molar-refractivity contribution in [2.75, 3.05) is 31.1 Å². The first-order chi connectivity index (χ1) is 10.7. The Hall–Kier alpha value is -1.00. The number of hydrogen-bond acceptors (Lipinski definition) is 4. The van der Waals surface area contributed by atoms with Gasteiger partial charge in [-0.2, -0.15) is 0 Å². The van der Waals surface area contributed by atoms with E-state index >= 15 is 0 Å². The maximum Gasteiger partial charge on any atom is 0.219 e. The fourth-order valence-corrected chi connectivity index (χ4v) is 3.02. The van der Waals surface area contributed by atoms with E-state index in [1.807, 2.05) is 0 Å². The number of carbonyl (C=O) groups excluding carboxylic acids is 1. The van der Waals surface area contributed by atoms with Gasteiger partial charge in [-0.25, -0.2) is 0 Å². The van der Waals surface area contributed by atoms with Crippen molar-refractivity contribution in [1.29, 1.82) is 0 Å². The van der Waals surface area contributed by atoms with E-state index in [0.29, 0.717) is 5.69 Å². The average molecular weight is 323 g/mol. The first-order valence-electron chi connectivity index (χ1n) is 8.42. The predicted octanol–water partition coefficient (Wildman–Crippen LogP) is 4.43. The highest BCUT2D eigenvalue weighted by atomic mass is 32.2. The van der Waals surface area contributed by atoms with Gasteiger partial charge in [0.2, 0.25) is 5.12 Å². The van der Waals surface area contributed by atoms with Crippen molar-refractivity contribution in [3.8, 4) is 0 Å². The number of nitrogens with zero attached hydrogens (tertiary/aromatic N) is 1. The summed E-state index contributed by atoms with van der Waals surface area (Å²) < 4.78 is 0. The standard InChI is InChI=1S/C18H30N2OS/c1-3-5-12-20(13-6-4-2)14-7-15-22-18(21)16-8-10-17(19)11-9-16/h8-11H,3-7,12-15,19H2,1-2H3. The van der Waals surface area contributed by atoms with E-state index in [1.54, 1.807) is 24.3 Å². The summed E-state index contributed by atoms with van der Waals surface area (Å²) in [6.45, 7) is 7.94. The Morgan fingerprint density at radius 2 is 1.55 bits per heavy atom.